The number of fused-ring (bicyclic) bond motifs is 1. The van der Waals surface area contributed by atoms with Gasteiger partial charge in [-0.25, -0.2) is 9.18 Å². The highest BCUT2D eigenvalue weighted by Gasteiger charge is 2.21. The van der Waals surface area contributed by atoms with Gasteiger partial charge in [-0.2, -0.15) is 0 Å². The topological polar surface area (TPSA) is 68.3 Å². The van der Waals surface area contributed by atoms with Crippen molar-refractivity contribution in [2.75, 3.05) is 5.32 Å². The highest BCUT2D eigenvalue weighted by molar-refractivity contribution is 6.33. The molecule has 3 aromatic rings. The van der Waals surface area contributed by atoms with Crippen molar-refractivity contribution < 1.29 is 18.7 Å². The lowest BCUT2D eigenvalue weighted by molar-refractivity contribution is -0.123. The summed E-state index contributed by atoms with van der Waals surface area (Å²) in [5, 5.41) is 3.21. The number of ether oxygens (including phenoxy) is 1. The number of anilines is 1. The number of rotatable bonds is 4. The highest BCUT2D eigenvalue weighted by Crippen LogP contribution is 2.23. The first-order valence-corrected chi connectivity index (χ1v) is 8.56. The summed E-state index contributed by atoms with van der Waals surface area (Å²) in [6.07, 6.45) is -1.08. The molecule has 0 saturated heterocycles. The second-order valence-corrected chi connectivity index (χ2v) is 6.40. The van der Waals surface area contributed by atoms with Crippen LogP contribution in [0, 0.1) is 12.7 Å². The number of halogens is 2. The van der Waals surface area contributed by atoms with E-state index in [0.717, 1.165) is 6.07 Å². The number of aromatic nitrogens is 1. The van der Waals surface area contributed by atoms with Crippen LogP contribution in [0.25, 0.3) is 10.9 Å². The number of amides is 1. The predicted octanol–water partition coefficient (Wildman–Crippen LogP) is 4.52. The van der Waals surface area contributed by atoms with Gasteiger partial charge >= 0.3 is 5.97 Å². The Morgan fingerprint density at radius 2 is 1.93 bits per heavy atom. The maximum Gasteiger partial charge on any atom is 0.339 e. The lowest BCUT2D eigenvalue weighted by Gasteiger charge is -2.15. The van der Waals surface area contributed by atoms with Crippen molar-refractivity contribution >= 4 is 40.1 Å². The minimum atomic E-state index is -1.08. The molecule has 1 amide bonds. The molecule has 3 rings (SSSR count). The van der Waals surface area contributed by atoms with Gasteiger partial charge in [0.2, 0.25) is 0 Å². The van der Waals surface area contributed by atoms with Crippen LogP contribution in [0.15, 0.2) is 48.5 Å². The molecule has 1 N–H and O–H groups in total. The first-order valence-electron chi connectivity index (χ1n) is 8.18. The van der Waals surface area contributed by atoms with Crippen molar-refractivity contribution in [2.24, 2.45) is 0 Å². The van der Waals surface area contributed by atoms with Gasteiger partial charge in [0.1, 0.15) is 5.82 Å². The zero-order chi connectivity index (χ0) is 19.6. The zero-order valence-electron chi connectivity index (χ0n) is 14.6. The van der Waals surface area contributed by atoms with E-state index >= 15 is 0 Å². The first kappa shape index (κ1) is 18.8. The average Bonchev–Trinajstić information content (AvgIpc) is 2.63. The summed E-state index contributed by atoms with van der Waals surface area (Å²) < 4.78 is 18.4. The molecular formula is C20H16ClFN2O3. The molecule has 1 heterocycles. The molecule has 0 fully saturated rings. The van der Waals surface area contributed by atoms with E-state index in [-0.39, 0.29) is 10.7 Å². The minimum Gasteiger partial charge on any atom is -0.449 e. The predicted molar refractivity (Wildman–Crippen MR) is 101 cm³/mol. The second-order valence-electron chi connectivity index (χ2n) is 5.99. The largest absolute Gasteiger partial charge is 0.449 e. The monoisotopic (exact) mass is 386 g/mol. The van der Waals surface area contributed by atoms with E-state index in [0.29, 0.717) is 22.2 Å². The number of carbonyl (C=O) groups is 2. The van der Waals surface area contributed by atoms with Crippen LogP contribution in [0.5, 0.6) is 0 Å². The van der Waals surface area contributed by atoms with Crippen molar-refractivity contribution in [2.45, 2.75) is 20.0 Å². The number of esters is 1. The fourth-order valence-electron chi connectivity index (χ4n) is 2.58. The first-order chi connectivity index (χ1) is 12.8. The Morgan fingerprint density at radius 1 is 1.19 bits per heavy atom. The third kappa shape index (κ3) is 4.23. The van der Waals surface area contributed by atoms with Crippen LogP contribution in [0.2, 0.25) is 5.02 Å². The molecule has 0 aliphatic rings. The van der Waals surface area contributed by atoms with Gasteiger partial charge in [-0.3, -0.25) is 9.78 Å². The van der Waals surface area contributed by atoms with Crippen LogP contribution in [0.4, 0.5) is 10.1 Å². The third-order valence-electron chi connectivity index (χ3n) is 3.91. The number of hydrogen-bond acceptors (Lipinski definition) is 4. The van der Waals surface area contributed by atoms with E-state index in [2.05, 4.69) is 10.3 Å². The van der Waals surface area contributed by atoms with Crippen molar-refractivity contribution in [1.29, 1.82) is 0 Å². The Hall–Kier alpha value is -2.99. The lowest BCUT2D eigenvalue weighted by Crippen LogP contribution is -2.30. The summed E-state index contributed by atoms with van der Waals surface area (Å²) in [7, 11) is 0. The van der Waals surface area contributed by atoms with Crippen molar-refractivity contribution in [1.82, 2.24) is 4.98 Å². The Morgan fingerprint density at radius 3 is 2.67 bits per heavy atom. The summed E-state index contributed by atoms with van der Waals surface area (Å²) in [5.74, 6) is -1.73. The van der Waals surface area contributed by atoms with Gasteiger partial charge in [0.05, 0.1) is 21.8 Å². The average molecular weight is 387 g/mol. The molecule has 0 unspecified atom stereocenters. The van der Waals surface area contributed by atoms with Gasteiger partial charge in [-0.1, -0.05) is 29.8 Å². The molecule has 7 heteroatoms. The van der Waals surface area contributed by atoms with Gasteiger partial charge in [0, 0.05) is 11.1 Å². The third-order valence-corrected chi connectivity index (χ3v) is 4.22. The number of nitrogens with zero attached hydrogens (tertiary/aromatic N) is 1. The van der Waals surface area contributed by atoms with Crippen molar-refractivity contribution in [3.05, 3.63) is 70.6 Å². The second kappa shape index (κ2) is 7.72. The van der Waals surface area contributed by atoms with Crippen molar-refractivity contribution in [3.8, 4) is 0 Å². The van der Waals surface area contributed by atoms with Crippen LogP contribution < -0.4 is 5.32 Å². The van der Waals surface area contributed by atoms with Gasteiger partial charge in [0.15, 0.2) is 6.10 Å². The van der Waals surface area contributed by atoms with E-state index in [1.807, 2.05) is 6.07 Å². The van der Waals surface area contributed by atoms with Crippen molar-refractivity contribution in [3.63, 3.8) is 0 Å². The smallest absolute Gasteiger partial charge is 0.339 e. The molecule has 1 atom stereocenters. The molecule has 0 aliphatic carbocycles. The number of para-hydroxylation sites is 1. The molecular weight excluding hydrogens is 371 g/mol. The highest BCUT2D eigenvalue weighted by atomic mass is 35.5. The van der Waals surface area contributed by atoms with Crippen LogP contribution in [0.3, 0.4) is 0 Å². The van der Waals surface area contributed by atoms with E-state index < -0.39 is 23.8 Å². The summed E-state index contributed by atoms with van der Waals surface area (Å²) in [4.78, 5) is 29.3. The molecule has 0 bridgehead atoms. The molecule has 27 heavy (non-hydrogen) atoms. The molecule has 2 aromatic carbocycles. The molecule has 1 aromatic heterocycles. The number of benzene rings is 2. The van der Waals surface area contributed by atoms with E-state index in [4.69, 9.17) is 16.3 Å². The van der Waals surface area contributed by atoms with Crippen LogP contribution >= 0.6 is 11.6 Å². The number of nitrogens with one attached hydrogen (secondary N) is 1. The number of carbonyl (C=O) groups excluding carboxylic acids is 2. The fourth-order valence-corrected chi connectivity index (χ4v) is 2.79. The van der Waals surface area contributed by atoms with E-state index in [1.165, 1.54) is 19.1 Å². The Balaban J connectivity index is 1.77. The summed E-state index contributed by atoms with van der Waals surface area (Å²) >= 11 is 5.89. The molecule has 0 saturated carbocycles. The lowest BCUT2D eigenvalue weighted by atomic mass is 10.1. The van der Waals surface area contributed by atoms with Gasteiger partial charge in [-0.15, -0.1) is 0 Å². The van der Waals surface area contributed by atoms with Gasteiger partial charge in [0.25, 0.3) is 5.91 Å². The van der Waals surface area contributed by atoms with Gasteiger partial charge < -0.3 is 10.1 Å². The summed E-state index contributed by atoms with van der Waals surface area (Å²) in [5.41, 5.74) is 1.89. The van der Waals surface area contributed by atoms with Crippen LogP contribution in [-0.4, -0.2) is 23.0 Å². The Kier molecular flexibility index (Phi) is 5.37. The van der Waals surface area contributed by atoms with Crippen LogP contribution in [0.1, 0.15) is 23.0 Å². The van der Waals surface area contributed by atoms with E-state index in [9.17, 15) is 14.0 Å². The summed E-state index contributed by atoms with van der Waals surface area (Å²) in [6.45, 7) is 3.22. The number of pyridine rings is 1. The zero-order valence-corrected chi connectivity index (χ0v) is 15.4. The SMILES string of the molecule is Cc1cc(C(=O)O[C@H](C)C(=O)Nc2ccc(F)cc2Cl)c2ccccc2n1. The number of hydrogen-bond donors (Lipinski definition) is 1. The molecule has 138 valence electrons. The quantitative estimate of drug-likeness (QED) is 0.669. The summed E-state index contributed by atoms with van der Waals surface area (Å²) in [6, 6.07) is 12.4. The van der Waals surface area contributed by atoms with Gasteiger partial charge in [-0.05, 0) is 44.2 Å². The minimum absolute atomic E-state index is 0.0534. The molecule has 0 spiro atoms. The van der Waals surface area contributed by atoms with Crippen LogP contribution in [-0.2, 0) is 9.53 Å². The molecule has 5 nitrogen and oxygen atoms in total. The number of aryl methyl sites for hydroxylation is 1. The molecule has 0 radical (unpaired) electrons. The standard InChI is InChI=1S/C20H16ClFN2O3/c1-11-9-15(14-5-3-4-6-17(14)23-11)20(26)27-12(2)19(25)24-18-8-7-13(22)10-16(18)21/h3-10,12H,1-2H3,(H,24,25)/t12-/m1/s1. The Bertz CT molecular complexity index is 1040. The van der Waals surface area contributed by atoms with E-state index in [1.54, 1.807) is 31.2 Å². The maximum absolute atomic E-state index is 13.1. The normalized spacial score (nSPS) is 11.9. The Labute approximate surface area is 160 Å². The fraction of sp³-hybridized carbons (Fsp3) is 0.150. The maximum atomic E-state index is 13.1. The molecule has 0 aliphatic heterocycles.